The maximum absolute atomic E-state index is 4.55. The molecule has 2 heteroatoms. The summed E-state index contributed by atoms with van der Waals surface area (Å²) in [4.78, 5) is 4.55. The van der Waals surface area contributed by atoms with Crippen molar-refractivity contribution < 1.29 is 0 Å². The molecule has 0 radical (unpaired) electrons. The van der Waals surface area contributed by atoms with Crippen molar-refractivity contribution in [3.63, 3.8) is 0 Å². The normalized spacial score (nSPS) is 27.4. The zero-order valence-corrected chi connectivity index (χ0v) is 11.8. The van der Waals surface area contributed by atoms with Gasteiger partial charge in [-0.25, -0.2) is 4.98 Å². The van der Waals surface area contributed by atoms with Crippen molar-refractivity contribution in [2.24, 2.45) is 11.8 Å². The highest BCUT2D eigenvalue weighted by Crippen LogP contribution is 2.32. The minimum absolute atomic E-state index is 0.557. The summed E-state index contributed by atoms with van der Waals surface area (Å²) in [6, 6.07) is 11.1. The lowest BCUT2D eigenvalue weighted by Crippen LogP contribution is -2.35. The molecule has 0 bridgehead atoms. The average molecular weight is 254 g/mol. The summed E-state index contributed by atoms with van der Waals surface area (Å²) in [5.74, 6) is 2.57. The fraction of sp³-hybridized carbons (Fsp3) is 0.471. The standard InChI is InChI=1S/C17H22N2/c1-12-6-5-9-16(13(12)2)19-17-15-8-4-3-7-14(15)10-11-18-17/h3-4,7-8,10-13,16H,5-6,9H2,1-2H3,(H,18,19). The smallest absolute Gasteiger partial charge is 0.134 e. The Morgan fingerprint density at radius 3 is 2.84 bits per heavy atom. The molecule has 3 unspecified atom stereocenters. The lowest BCUT2D eigenvalue weighted by atomic mass is 9.78. The number of hydrogen-bond acceptors (Lipinski definition) is 2. The van der Waals surface area contributed by atoms with E-state index in [1.165, 1.54) is 30.0 Å². The second-order valence-electron chi connectivity index (χ2n) is 5.90. The average Bonchev–Trinajstić information content (AvgIpc) is 2.44. The maximum Gasteiger partial charge on any atom is 0.134 e. The van der Waals surface area contributed by atoms with Crippen molar-refractivity contribution in [1.82, 2.24) is 4.98 Å². The number of pyridine rings is 1. The van der Waals surface area contributed by atoms with Gasteiger partial charge in [-0.05, 0) is 29.7 Å². The Labute approximate surface area is 115 Å². The van der Waals surface area contributed by atoms with Crippen molar-refractivity contribution in [1.29, 1.82) is 0 Å². The number of fused-ring (bicyclic) bond motifs is 1. The lowest BCUT2D eigenvalue weighted by molar-refractivity contribution is 0.253. The highest BCUT2D eigenvalue weighted by Gasteiger charge is 2.27. The number of anilines is 1. The van der Waals surface area contributed by atoms with Crippen molar-refractivity contribution in [3.05, 3.63) is 36.5 Å². The molecule has 1 N–H and O–H groups in total. The zero-order chi connectivity index (χ0) is 13.2. The molecule has 1 aromatic heterocycles. The van der Waals surface area contributed by atoms with E-state index >= 15 is 0 Å². The van der Waals surface area contributed by atoms with Gasteiger partial charge in [0.1, 0.15) is 5.82 Å². The summed E-state index contributed by atoms with van der Waals surface area (Å²) in [7, 11) is 0. The van der Waals surface area contributed by atoms with Crippen LogP contribution in [0, 0.1) is 11.8 Å². The van der Waals surface area contributed by atoms with Gasteiger partial charge >= 0.3 is 0 Å². The Bertz CT molecular complexity index is 559. The first-order chi connectivity index (χ1) is 9.25. The number of rotatable bonds is 2. The first-order valence-electron chi connectivity index (χ1n) is 7.36. The van der Waals surface area contributed by atoms with Crippen molar-refractivity contribution in [2.75, 3.05) is 5.32 Å². The van der Waals surface area contributed by atoms with E-state index in [2.05, 4.69) is 54.5 Å². The topological polar surface area (TPSA) is 24.9 Å². The van der Waals surface area contributed by atoms with Gasteiger partial charge in [-0.2, -0.15) is 0 Å². The van der Waals surface area contributed by atoms with Crippen LogP contribution in [-0.4, -0.2) is 11.0 Å². The van der Waals surface area contributed by atoms with Crippen LogP contribution in [0.2, 0.25) is 0 Å². The van der Waals surface area contributed by atoms with Crippen LogP contribution in [0.4, 0.5) is 5.82 Å². The molecule has 3 atom stereocenters. The summed E-state index contributed by atoms with van der Waals surface area (Å²) in [6.45, 7) is 4.74. The molecule has 19 heavy (non-hydrogen) atoms. The number of benzene rings is 1. The van der Waals surface area contributed by atoms with E-state index in [0.717, 1.165) is 17.7 Å². The fourth-order valence-corrected chi connectivity index (χ4v) is 3.20. The summed E-state index contributed by atoms with van der Waals surface area (Å²) < 4.78 is 0. The van der Waals surface area contributed by atoms with E-state index in [1.807, 2.05) is 6.20 Å². The second kappa shape index (κ2) is 5.20. The molecule has 2 nitrogen and oxygen atoms in total. The van der Waals surface area contributed by atoms with E-state index in [9.17, 15) is 0 Å². The monoisotopic (exact) mass is 254 g/mol. The Morgan fingerprint density at radius 2 is 1.95 bits per heavy atom. The zero-order valence-electron chi connectivity index (χ0n) is 11.8. The number of aromatic nitrogens is 1. The number of nitrogens with zero attached hydrogens (tertiary/aromatic N) is 1. The number of hydrogen-bond donors (Lipinski definition) is 1. The Morgan fingerprint density at radius 1 is 1.11 bits per heavy atom. The summed E-state index contributed by atoms with van der Waals surface area (Å²) in [5.41, 5.74) is 0. The first kappa shape index (κ1) is 12.5. The maximum atomic E-state index is 4.55. The third-order valence-electron chi connectivity index (χ3n) is 4.70. The van der Waals surface area contributed by atoms with Gasteiger partial charge in [-0.15, -0.1) is 0 Å². The third-order valence-corrected chi connectivity index (χ3v) is 4.70. The van der Waals surface area contributed by atoms with Crippen molar-refractivity contribution in [3.8, 4) is 0 Å². The van der Waals surface area contributed by atoms with Gasteiger partial charge in [-0.3, -0.25) is 0 Å². The van der Waals surface area contributed by atoms with Crippen LogP contribution in [0.25, 0.3) is 10.8 Å². The fourth-order valence-electron chi connectivity index (χ4n) is 3.20. The van der Waals surface area contributed by atoms with Gasteiger partial charge in [0, 0.05) is 17.6 Å². The van der Waals surface area contributed by atoms with Gasteiger partial charge in [0.25, 0.3) is 0 Å². The van der Waals surface area contributed by atoms with E-state index < -0.39 is 0 Å². The van der Waals surface area contributed by atoms with E-state index in [0.29, 0.717) is 6.04 Å². The molecule has 1 aliphatic rings. The molecule has 2 aromatic rings. The largest absolute Gasteiger partial charge is 0.367 e. The van der Waals surface area contributed by atoms with E-state index in [1.54, 1.807) is 0 Å². The quantitative estimate of drug-likeness (QED) is 0.855. The predicted octanol–water partition coefficient (Wildman–Crippen LogP) is 4.47. The Hall–Kier alpha value is -1.57. The third kappa shape index (κ3) is 2.44. The van der Waals surface area contributed by atoms with E-state index in [4.69, 9.17) is 0 Å². The van der Waals surface area contributed by atoms with Crippen LogP contribution in [0.1, 0.15) is 33.1 Å². The molecule has 100 valence electrons. The number of nitrogens with one attached hydrogen (secondary N) is 1. The summed E-state index contributed by atoms with van der Waals surface area (Å²) in [5, 5.41) is 6.19. The molecule has 0 amide bonds. The minimum atomic E-state index is 0.557. The lowest BCUT2D eigenvalue weighted by Gasteiger charge is -2.35. The molecule has 3 rings (SSSR count). The molecule has 1 saturated carbocycles. The molecule has 0 saturated heterocycles. The highest BCUT2D eigenvalue weighted by atomic mass is 15.0. The second-order valence-corrected chi connectivity index (χ2v) is 5.90. The molecular formula is C17H22N2. The van der Waals surface area contributed by atoms with E-state index in [-0.39, 0.29) is 0 Å². The van der Waals surface area contributed by atoms with Gasteiger partial charge in [-0.1, -0.05) is 51.0 Å². The van der Waals surface area contributed by atoms with Gasteiger partial charge < -0.3 is 5.32 Å². The molecule has 0 spiro atoms. The summed E-state index contributed by atoms with van der Waals surface area (Å²) >= 11 is 0. The first-order valence-corrected chi connectivity index (χ1v) is 7.36. The molecule has 0 aliphatic heterocycles. The van der Waals surface area contributed by atoms with Crippen LogP contribution in [0.3, 0.4) is 0 Å². The highest BCUT2D eigenvalue weighted by molar-refractivity contribution is 5.91. The van der Waals surface area contributed by atoms with Crippen molar-refractivity contribution >= 4 is 16.6 Å². The van der Waals surface area contributed by atoms with Gasteiger partial charge in [0.05, 0.1) is 0 Å². The van der Waals surface area contributed by atoms with Crippen LogP contribution in [0.5, 0.6) is 0 Å². The molecule has 1 aromatic carbocycles. The Kier molecular flexibility index (Phi) is 3.41. The SMILES string of the molecule is CC1CCCC(Nc2nccc3ccccc23)C1C. The molecular weight excluding hydrogens is 232 g/mol. The van der Waals surface area contributed by atoms with Gasteiger partial charge in [0.2, 0.25) is 0 Å². The molecule has 1 fully saturated rings. The van der Waals surface area contributed by atoms with Crippen molar-refractivity contribution in [2.45, 2.75) is 39.2 Å². The minimum Gasteiger partial charge on any atom is -0.367 e. The van der Waals surface area contributed by atoms with Crippen LogP contribution in [0.15, 0.2) is 36.5 Å². The van der Waals surface area contributed by atoms with Gasteiger partial charge in [0.15, 0.2) is 0 Å². The van der Waals surface area contributed by atoms with Crippen LogP contribution in [-0.2, 0) is 0 Å². The van der Waals surface area contributed by atoms with Crippen LogP contribution < -0.4 is 5.32 Å². The predicted molar refractivity (Wildman–Crippen MR) is 81.3 cm³/mol. The summed E-state index contributed by atoms with van der Waals surface area (Å²) in [6.07, 6.45) is 5.86. The molecule has 1 heterocycles. The molecule has 1 aliphatic carbocycles. The Balaban J connectivity index is 1.89. The van der Waals surface area contributed by atoms with Crippen LogP contribution >= 0.6 is 0 Å².